The molecule has 0 saturated carbocycles. The van der Waals surface area contributed by atoms with Gasteiger partial charge in [-0.3, -0.25) is 0 Å². The van der Waals surface area contributed by atoms with E-state index < -0.39 is 55.8 Å². The monoisotopic (exact) mass is 330 g/mol. The van der Waals surface area contributed by atoms with Gasteiger partial charge in [-0.2, -0.15) is 12.8 Å². The van der Waals surface area contributed by atoms with Gasteiger partial charge in [-0.05, 0) is 18.2 Å². The Labute approximate surface area is 117 Å². The molecule has 4 nitrogen and oxygen atoms in total. The van der Waals surface area contributed by atoms with E-state index in [9.17, 15) is 35.5 Å². The Morgan fingerprint density at radius 1 is 1.05 bits per heavy atom. The summed E-state index contributed by atoms with van der Waals surface area (Å²) in [5, 5.41) is 11.4. The summed E-state index contributed by atoms with van der Waals surface area (Å²) >= 11 is 0. The second-order valence-corrected chi connectivity index (χ2v) is 5.65. The Morgan fingerprint density at radius 3 is 1.81 bits per heavy atom. The van der Waals surface area contributed by atoms with Gasteiger partial charge in [0.1, 0.15) is 0 Å². The smallest absolute Gasteiger partial charge is 0.287 e. The molecule has 0 saturated heterocycles. The molecule has 1 rings (SSSR count). The van der Waals surface area contributed by atoms with Crippen LogP contribution in [0.2, 0.25) is 0 Å². The summed E-state index contributed by atoms with van der Waals surface area (Å²) in [6, 6.07) is 0. The lowest BCUT2D eigenvalue weighted by molar-refractivity contribution is -0.222. The van der Waals surface area contributed by atoms with E-state index in [1.54, 1.807) is 0 Å². The number of sulfonamides is 1. The van der Waals surface area contributed by atoms with Gasteiger partial charge >= 0.3 is 0 Å². The van der Waals surface area contributed by atoms with Gasteiger partial charge in [0.15, 0.2) is 28.2 Å². The van der Waals surface area contributed by atoms with Crippen molar-refractivity contribution >= 4 is 15.9 Å². The fraction of sp³-hybridized carbons (Fsp3) is 0.364. The van der Waals surface area contributed by atoms with E-state index in [1.165, 1.54) is 13.8 Å². The van der Waals surface area contributed by atoms with Crippen LogP contribution in [0.5, 0.6) is 0 Å². The largest absolute Gasteiger partial charge is 0.861 e. The summed E-state index contributed by atoms with van der Waals surface area (Å²) in [4.78, 5) is -2.14. The second kappa shape index (κ2) is 5.96. The number of rotatable bonds is 4. The first kappa shape index (κ1) is 17.3. The van der Waals surface area contributed by atoms with Crippen molar-refractivity contribution in [3.8, 4) is 0 Å². The van der Waals surface area contributed by atoms with Crippen LogP contribution in [-0.2, 0) is 10.0 Å². The van der Waals surface area contributed by atoms with Crippen LogP contribution >= 0.6 is 0 Å². The molecule has 10 heteroatoms. The van der Waals surface area contributed by atoms with Crippen LogP contribution < -0.4 is 5.11 Å². The van der Waals surface area contributed by atoms with Gasteiger partial charge in [-0.25, -0.2) is 22.0 Å². The lowest BCUT2D eigenvalue weighted by atomic mass is 10.1. The average molecular weight is 330 g/mol. The van der Waals surface area contributed by atoms with E-state index in [2.05, 4.69) is 4.40 Å². The molecule has 118 valence electrons. The molecule has 0 aliphatic rings. The van der Waals surface area contributed by atoms with Crippen LogP contribution in [-0.4, -0.2) is 14.3 Å². The molecule has 0 bridgehead atoms. The molecule has 0 radical (unpaired) electrons. The van der Waals surface area contributed by atoms with E-state index in [4.69, 9.17) is 0 Å². The normalized spacial score (nSPS) is 14.3. The zero-order chi connectivity index (χ0) is 16.5. The van der Waals surface area contributed by atoms with Gasteiger partial charge in [-0.1, -0.05) is 13.8 Å². The molecule has 1 aromatic carbocycles. The summed E-state index contributed by atoms with van der Waals surface area (Å²) in [5.41, 5.74) is 0. The van der Waals surface area contributed by atoms with Crippen molar-refractivity contribution in [3.05, 3.63) is 29.1 Å². The standard InChI is InChI=1S/C11H10F5NO3S/c1-3-4(2)11(18)17-21(19,20)10-8(15)6(13)5(12)7(14)9(10)16/h4H,3H2,1-2H3,(H,17,18)/p-1. The van der Waals surface area contributed by atoms with Crippen LogP contribution in [0.3, 0.4) is 0 Å². The maximum atomic E-state index is 13.4. The van der Waals surface area contributed by atoms with E-state index in [1.807, 2.05) is 0 Å². The van der Waals surface area contributed by atoms with Gasteiger partial charge in [0.25, 0.3) is 10.0 Å². The first-order valence-electron chi connectivity index (χ1n) is 5.57. The topological polar surface area (TPSA) is 69.6 Å². The molecule has 0 aliphatic carbocycles. The molecule has 0 aliphatic heterocycles. The molecular weight excluding hydrogens is 321 g/mol. The second-order valence-electron chi connectivity index (χ2n) is 4.11. The van der Waals surface area contributed by atoms with Crippen molar-refractivity contribution in [3.63, 3.8) is 0 Å². The number of hydrogen-bond donors (Lipinski definition) is 0. The number of benzene rings is 1. The third-order valence-corrected chi connectivity index (χ3v) is 3.97. The zero-order valence-corrected chi connectivity index (χ0v) is 11.6. The zero-order valence-electron chi connectivity index (χ0n) is 10.8. The fourth-order valence-corrected chi connectivity index (χ4v) is 2.38. The highest BCUT2D eigenvalue weighted by atomic mass is 32.2. The van der Waals surface area contributed by atoms with Crippen molar-refractivity contribution in [1.29, 1.82) is 0 Å². The Hall–Kier alpha value is -1.71. The van der Waals surface area contributed by atoms with Crippen molar-refractivity contribution in [2.24, 2.45) is 10.3 Å². The summed E-state index contributed by atoms with van der Waals surface area (Å²) in [5.74, 6) is -14.6. The molecule has 0 aromatic heterocycles. The number of halogens is 5. The molecule has 1 atom stereocenters. The van der Waals surface area contributed by atoms with E-state index >= 15 is 0 Å². The third-order valence-electron chi connectivity index (χ3n) is 2.67. The van der Waals surface area contributed by atoms with Crippen LogP contribution in [0.15, 0.2) is 9.29 Å². The first-order valence-corrected chi connectivity index (χ1v) is 7.01. The number of hydrogen-bond acceptors (Lipinski definition) is 3. The summed E-state index contributed by atoms with van der Waals surface area (Å²) in [6.45, 7) is 2.81. The van der Waals surface area contributed by atoms with E-state index in [0.717, 1.165) is 0 Å². The van der Waals surface area contributed by atoms with E-state index in [0.29, 0.717) is 0 Å². The van der Waals surface area contributed by atoms with Crippen LogP contribution in [0.1, 0.15) is 20.3 Å². The SMILES string of the molecule is CCC(C)/C([O-])=N/S(=O)(=O)c1c(F)c(F)c(F)c(F)c1F. The molecule has 1 aromatic rings. The van der Waals surface area contributed by atoms with Crippen molar-refractivity contribution in [1.82, 2.24) is 0 Å². The van der Waals surface area contributed by atoms with Crippen molar-refractivity contribution in [2.75, 3.05) is 0 Å². The van der Waals surface area contributed by atoms with E-state index in [-0.39, 0.29) is 6.42 Å². The van der Waals surface area contributed by atoms with Gasteiger partial charge < -0.3 is 5.11 Å². The Morgan fingerprint density at radius 2 is 1.43 bits per heavy atom. The Kier molecular flexibility index (Phi) is 4.92. The highest BCUT2D eigenvalue weighted by Gasteiger charge is 2.33. The van der Waals surface area contributed by atoms with Crippen molar-refractivity contribution in [2.45, 2.75) is 25.2 Å². The molecule has 1 unspecified atom stereocenters. The minimum atomic E-state index is -5.36. The first-order chi connectivity index (χ1) is 9.54. The van der Waals surface area contributed by atoms with Gasteiger partial charge in [0.2, 0.25) is 5.82 Å². The Balaban J connectivity index is 3.62. The number of nitrogens with zero attached hydrogens (tertiary/aromatic N) is 1. The van der Waals surface area contributed by atoms with Gasteiger partial charge in [0.05, 0.1) is 0 Å². The molecule has 0 fully saturated rings. The predicted molar refractivity (Wildman–Crippen MR) is 60.3 cm³/mol. The molecule has 0 spiro atoms. The highest BCUT2D eigenvalue weighted by Crippen LogP contribution is 2.28. The molecular formula is C11H9F5NO3S-. The maximum Gasteiger partial charge on any atom is 0.287 e. The summed E-state index contributed by atoms with van der Waals surface area (Å²) in [6.07, 6.45) is 0.176. The maximum absolute atomic E-state index is 13.4. The Bertz CT molecular complexity index is 673. The quantitative estimate of drug-likeness (QED) is 0.278. The highest BCUT2D eigenvalue weighted by molar-refractivity contribution is 7.90. The summed E-state index contributed by atoms with van der Waals surface area (Å²) < 4.78 is 91.2. The van der Waals surface area contributed by atoms with Crippen LogP contribution in [0, 0.1) is 35.0 Å². The van der Waals surface area contributed by atoms with Crippen molar-refractivity contribution < 1.29 is 35.5 Å². The fourth-order valence-electron chi connectivity index (χ4n) is 1.24. The van der Waals surface area contributed by atoms with Crippen LogP contribution in [0.25, 0.3) is 0 Å². The predicted octanol–water partition coefficient (Wildman–Crippen LogP) is 1.88. The minimum Gasteiger partial charge on any atom is -0.861 e. The average Bonchev–Trinajstić information content (AvgIpc) is 2.41. The molecule has 21 heavy (non-hydrogen) atoms. The summed E-state index contributed by atoms with van der Waals surface area (Å²) in [7, 11) is -5.36. The molecule has 0 N–H and O–H groups in total. The lowest BCUT2D eigenvalue weighted by Gasteiger charge is -2.17. The van der Waals surface area contributed by atoms with Gasteiger partial charge in [0, 0.05) is 0 Å². The van der Waals surface area contributed by atoms with Crippen LogP contribution in [0.4, 0.5) is 22.0 Å². The lowest BCUT2D eigenvalue weighted by Crippen LogP contribution is -2.27. The van der Waals surface area contributed by atoms with Gasteiger partial charge in [-0.15, -0.1) is 0 Å². The minimum absolute atomic E-state index is 0.176. The molecule has 0 heterocycles. The third kappa shape index (κ3) is 3.14. The molecule has 0 amide bonds.